The zero-order chi connectivity index (χ0) is 13.9. The Morgan fingerprint density at radius 1 is 1.44 bits per heavy atom. The molecular weight excluding hydrogens is 243 g/mol. The molecule has 1 rings (SSSR count). The van der Waals surface area contributed by atoms with Crippen LogP contribution in [0.4, 0.5) is 13.2 Å². The van der Waals surface area contributed by atoms with E-state index in [0.29, 0.717) is 6.42 Å². The second-order valence-electron chi connectivity index (χ2n) is 4.20. The van der Waals surface area contributed by atoms with E-state index in [4.69, 9.17) is 0 Å². The molecule has 0 atom stereocenters. The average molecular weight is 259 g/mol. The molecule has 0 saturated carbocycles. The van der Waals surface area contributed by atoms with Gasteiger partial charge in [-0.1, -0.05) is 30.7 Å². The van der Waals surface area contributed by atoms with Gasteiger partial charge in [0.1, 0.15) is 5.76 Å². The zero-order valence-corrected chi connectivity index (χ0v) is 10.7. The van der Waals surface area contributed by atoms with Gasteiger partial charge in [0.2, 0.25) is 0 Å². The summed E-state index contributed by atoms with van der Waals surface area (Å²) in [6, 6.07) is 0. The fraction of sp³-hybridized carbons (Fsp3) is 0.462. The predicted molar refractivity (Wildman–Crippen MR) is 63.9 cm³/mol. The van der Waals surface area contributed by atoms with Crippen LogP contribution in [0.15, 0.2) is 22.2 Å². The van der Waals surface area contributed by atoms with Crippen molar-refractivity contribution in [3.05, 3.63) is 34.7 Å². The quantitative estimate of drug-likeness (QED) is 0.728. The first-order chi connectivity index (χ1) is 8.27. The number of rotatable bonds is 4. The Morgan fingerprint density at radius 2 is 2.06 bits per heavy atom. The Balaban J connectivity index is 3.28. The third kappa shape index (κ3) is 3.24. The molecule has 0 amide bonds. The minimum Gasteiger partial charge on any atom is -0.360 e. The van der Waals surface area contributed by atoms with E-state index in [1.807, 2.05) is 6.92 Å². The first-order valence-electron chi connectivity index (χ1n) is 5.67. The van der Waals surface area contributed by atoms with Crippen LogP contribution in [0.25, 0.3) is 6.08 Å². The molecule has 1 aromatic rings. The Labute approximate surface area is 104 Å². The van der Waals surface area contributed by atoms with Gasteiger partial charge in [-0.2, -0.15) is 13.2 Å². The molecule has 5 heteroatoms. The van der Waals surface area contributed by atoms with Crippen LogP contribution in [0, 0.1) is 6.92 Å². The summed E-state index contributed by atoms with van der Waals surface area (Å²) in [5.41, 5.74) is 0.559. The molecule has 1 heterocycles. The zero-order valence-electron chi connectivity index (χ0n) is 10.7. The lowest BCUT2D eigenvalue weighted by molar-refractivity contribution is -0.142. The molecule has 18 heavy (non-hydrogen) atoms. The Hall–Kier alpha value is -1.52. The van der Waals surface area contributed by atoms with E-state index in [-0.39, 0.29) is 11.3 Å². The van der Waals surface area contributed by atoms with Crippen molar-refractivity contribution in [3.63, 3.8) is 0 Å². The second kappa shape index (κ2) is 5.42. The summed E-state index contributed by atoms with van der Waals surface area (Å²) in [7, 11) is 0. The highest BCUT2D eigenvalue weighted by Gasteiger charge is 2.38. The van der Waals surface area contributed by atoms with E-state index >= 15 is 0 Å². The van der Waals surface area contributed by atoms with Crippen molar-refractivity contribution in [1.29, 1.82) is 0 Å². The van der Waals surface area contributed by atoms with Crippen LogP contribution in [-0.4, -0.2) is 5.16 Å². The minimum atomic E-state index is -4.50. The van der Waals surface area contributed by atoms with Gasteiger partial charge >= 0.3 is 6.18 Å². The van der Waals surface area contributed by atoms with Crippen molar-refractivity contribution >= 4 is 6.08 Å². The van der Waals surface area contributed by atoms with E-state index in [2.05, 4.69) is 16.3 Å². The van der Waals surface area contributed by atoms with Gasteiger partial charge in [0.15, 0.2) is 5.69 Å². The molecule has 2 nitrogen and oxygen atoms in total. The molecule has 0 aliphatic heterocycles. The lowest BCUT2D eigenvalue weighted by Crippen LogP contribution is -2.07. The topological polar surface area (TPSA) is 26.0 Å². The second-order valence-corrected chi connectivity index (χ2v) is 4.20. The van der Waals surface area contributed by atoms with Crippen LogP contribution in [0.1, 0.15) is 43.7 Å². The van der Waals surface area contributed by atoms with Crippen molar-refractivity contribution in [2.45, 2.75) is 39.8 Å². The maximum absolute atomic E-state index is 12.7. The number of aryl methyl sites for hydroxylation is 1. The standard InChI is InChI=1S/C13H16F3NO/c1-5-6-10(8(2)3)7-11-9(4)18-17-12(11)13(14,15)16/h7H,2,5-6H2,1,3-4H3/b10-7-. The number of aromatic nitrogens is 1. The number of nitrogens with zero attached hydrogens (tertiary/aromatic N) is 1. The number of alkyl halides is 3. The predicted octanol–water partition coefficient (Wildman–Crippen LogP) is 4.76. The van der Waals surface area contributed by atoms with Gasteiger partial charge in [-0.3, -0.25) is 0 Å². The maximum atomic E-state index is 12.7. The Morgan fingerprint density at radius 3 is 2.50 bits per heavy atom. The molecule has 0 fully saturated rings. The van der Waals surface area contributed by atoms with Crippen LogP contribution >= 0.6 is 0 Å². The third-order valence-corrected chi connectivity index (χ3v) is 2.56. The summed E-state index contributed by atoms with van der Waals surface area (Å²) in [4.78, 5) is 0. The van der Waals surface area contributed by atoms with Crippen molar-refractivity contribution in [3.8, 4) is 0 Å². The van der Waals surface area contributed by atoms with E-state index in [1.165, 1.54) is 13.0 Å². The van der Waals surface area contributed by atoms with Gasteiger partial charge in [0.05, 0.1) is 0 Å². The summed E-state index contributed by atoms with van der Waals surface area (Å²) in [6.45, 7) is 8.98. The van der Waals surface area contributed by atoms with E-state index < -0.39 is 11.9 Å². The lowest BCUT2D eigenvalue weighted by Gasteiger charge is -2.07. The SMILES string of the molecule is C=C(C)/C(=C\c1c(C(F)(F)F)noc1C)CCC. The number of hydrogen-bond acceptors (Lipinski definition) is 2. The molecular formula is C13H16F3NO. The van der Waals surface area contributed by atoms with Crippen LogP contribution in [-0.2, 0) is 6.18 Å². The van der Waals surface area contributed by atoms with Crippen molar-refractivity contribution in [1.82, 2.24) is 5.16 Å². The van der Waals surface area contributed by atoms with E-state index in [1.54, 1.807) is 6.92 Å². The molecule has 0 unspecified atom stereocenters. The molecule has 1 aromatic heterocycles. The average Bonchev–Trinajstić information content (AvgIpc) is 2.59. The number of allylic oxidation sites excluding steroid dienone is 2. The lowest BCUT2D eigenvalue weighted by atomic mass is 10.00. The first kappa shape index (κ1) is 14.5. The Kier molecular flexibility index (Phi) is 4.38. The molecule has 0 aliphatic carbocycles. The molecule has 0 N–H and O–H groups in total. The summed E-state index contributed by atoms with van der Waals surface area (Å²) in [5.74, 6) is 0.164. The minimum absolute atomic E-state index is 0.00560. The van der Waals surface area contributed by atoms with Crippen LogP contribution in [0.5, 0.6) is 0 Å². The van der Waals surface area contributed by atoms with Gasteiger partial charge in [-0.25, -0.2) is 0 Å². The summed E-state index contributed by atoms with van der Waals surface area (Å²) < 4.78 is 42.8. The third-order valence-electron chi connectivity index (χ3n) is 2.56. The van der Waals surface area contributed by atoms with E-state index in [9.17, 15) is 13.2 Å². The highest BCUT2D eigenvalue weighted by atomic mass is 19.4. The van der Waals surface area contributed by atoms with E-state index in [0.717, 1.165) is 17.6 Å². The Bertz CT molecular complexity index is 469. The highest BCUT2D eigenvalue weighted by molar-refractivity contribution is 5.61. The largest absolute Gasteiger partial charge is 0.437 e. The van der Waals surface area contributed by atoms with Gasteiger partial charge in [0.25, 0.3) is 0 Å². The smallest absolute Gasteiger partial charge is 0.360 e. The molecule has 0 radical (unpaired) electrons. The monoisotopic (exact) mass is 259 g/mol. The van der Waals surface area contributed by atoms with Crippen LogP contribution in [0.3, 0.4) is 0 Å². The molecule has 0 spiro atoms. The van der Waals surface area contributed by atoms with Crippen LogP contribution < -0.4 is 0 Å². The maximum Gasteiger partial charge on any atom is 0.437 e. The first-order valence-corrected chi connectivity index (χ1v) is 5.67. The normalized spacial score (nSPS) is 12.9. The fourth-order valence-electron chi connectivity index (χ4n) is 1.61. The number of hydrogen-bond donors (Lipinski definition) is 0. The molecule has 0 aliphatic rings. The highest BCUT2D eigenvalue weighted by Crippen LogP contribution is 2.34. The molecule has 100 valence electrons. The van der Waals surface area contributed by atoms with Crippen molar-refractivity contribution in [2.75, 3.05) is 0 Å². The summed E-state index contributed by atoms with van der Waals surface area (Å²) in [6.07, 6.45) is -1.52. The summed E-state index contributed by atoms with van der Waals surface area (Å²) in [5, 5.41) is 3.09. The van der Waals surface area contributed by atoms with Gasteiger partial charge in [-0.05, 0) is 31.9 Å². The summed E-state index contributed by atoms with van der Waals surface area (Å²) >= 11 is 0. The molecule has 0 bridgehead atoms. The van der Waals surface area contributed by atoms with Crippen molar-refractivity contribution < 1.29 is 17.7 Å². The van der Waals surface area contributed by atoms with Crippen LogP contribution in [0.2, 0.25) is 0 Å². The molecule has 0 saturated heterocycles. The van der Waals surface area contributed by atoms with Crippen molar-refractivity contribution in [2.24, 2.45) is 0 Å². The van der Waals surface area contributed by atoms with Gasteiger partial charge in [-0.15, -0.1) is 0 Å². The fourth-order valence-corrected chi connectivity index (χ4v) is 1.61. The number of halogens is 3. The van der Waals surface area contributed by atoms with Gasteiger partial charge < -0.3 is 4.52 Å². The van der Waals surface area contributed by atoms with Gasteiger partial charge in [0, 0.05) is 5.56 Å². The molecule has 0 aromatic carbocycles.